The molecule has 0 bridgehead atoms. The van der Waals surface area contributed by atoms with Crippen LogP contribution in [0.4, 0.5) is 0 Å². The lowest BCUT2D eigenvalue weighted by molar-refractivity contribution is -0.141. The standard InChI is InChI=1S/C16H13BrN2O3S2/c17-11-2-1-3-12(8-11)21-5-6-22-14(20)9-24-16-13-4-7-23-15(13)18-10-19-16/h1-4,7-8,10H,5-6,9H2. The molecule has 0 saturated carbocycles. The van der Waals surface area contributed by atoms with E-state index in [4.69, 9.17) is 9.47 Å². The molecule has 124 valence electrons. The molecule has 0 N–H and O–H groups in total. The number of rotatable bonds is 7. The molecule has 24 heavy (non-hydrogen) atoms. The van der Waals surface area contributed by atoms with Gasteiger partial charge in [0.15, 0.2) is 0 Å². The van der Waals surface area contributed by atoms with Gasteiger partial charge in [0, 0.05) is 9.86 Å². The van der Waals surface area contributed by atoms with Crippen molar-refractivity contribution in [1.29, 1.82) is 0 Å². The number of ether oxygens (including phenoxy) is 2. The number of aromatic nitrogens is 2. The average molecular weight is 425 g/mol. The van der Waals surface area contributed by atoms with Crippen LogP contribution in [-0.4, -0.2) is 34.9 Å². The molecule has 0 spiro atoms. The van der Waals surface area contributed by atoms with Gasteiger partial charge >= 0.3 is 5.97 Å². The van der Waals surface area contributed by atoms with E-state index in [0.717, 1.165) is 25.5 Å². The van der Waals surface area contributed by atoms with Gasteiger partial charge in [-0.25, -0.2) is 9.97 Å². The molecule has 0 radical (unpaired) electrons. The van der Waals surface area contributed by atoms with Gasteiger partial charge in [-0.3, -0.25) is 4.79 Å². The second-order valence-corrected chi connectivity index (χ2v) is 7.41. The molecule has 3 rings (SSSR count). The van der Waals surface area contributed by atoms with E-state index in [0.29, 0.717) is 6.61 Å². The third-order valence-electron chi connectivity index (χ3n) is 2.96. The number of halogens is 1. The van der Waals surface area contributed by atoms with Crippen LogP contribution in [0.1, 0.15) is 0 Å². The summed E-state index contributed by atoms with van der Waals surface area (Å²) in [6.45, 7) is 0.526. The van der Waals surface area contributed by atoms with Crippen molar-refractivity contribution >= 4 is 55.2 Å². The van der Waals surface area contributed by atoms with E-state index >= 15 is 0 Å². The Morgan fingerprint density at radius 2 is 2.17 bits per heavy atom. The van der Waals surface area contributed by atoms with Crippen molar-refractivity contribution in [3.8, 4) is 5.75 Å². The lowest BCUT2D eigenvalue weighted by Crippen LogP contribution is -2.13. The summed E-state index contributed by atoms with van der Waals surface area (Å²) in [6.07, 6.45) is 1.51. The zero-order chi connectivity index (χ0) is 16.8. The summed E-state index contributed by atoms with van der Waals surface area (Å²) in [5.41, 5.74) is 0. The van der Waals surface area contributed by atoms with Crippen molar-refractivity contribution in [2.24, 2.45) is 0 Å². The number of thiophene rings is 1. The number of nitrogens with zero attached hydrogens (tertiary/aromatic N) is 2. The normalized spacial score (nSPS) is 10.7. The Bertz CT molecular complexity index is 841. The molecule has 1 aromatic carbocycles. The van der Waals surface area contributed by atoms with Crippen LogP contribution in [0.3, 0.4) is 0 Å². The van der Waals surface area contributed by atoms with Crippen LogP contribution < -0.4 is 4.74 Å². The average Bonchev–Trinajstić information content (AvgIpc) is 3.06. The molecule has 2 heterocycles. The van der Waals surface area contributed by atoms with Crippen molar-refractivity contribution in [1.82, 2.24) is 9.97 Å². The third-order valence-corrected chi connectivity index (χ3v) is 5.26. The zero-order valence-electron chi connectivity index (χ0n) is 12.5. The van der Waals surface area contributed by atoms with Crippen LogP contribution in [0.15, 0.2) is 51.5 Å². The molecule has 2 aromatic heterocycles. The summed E-state index contributed by atoms with van der Waals surface area (Å²) < 4.78 is 11.6. The summed E-state index contributed by atoms with van der Waals surface area (Å²) in [6, 6.07) is 9.47. The number of hydrogen-bond acceptors (Lipinski definition) is 7. The molecule has 0 atom stereocenters. The SMILES string of the molecule is O=C(CSc1ncnc2sccc12)OCCOc1cccc(Br)c1. The lowest BCUT2D eigenvalue weighted by atomic mass is 10.3. The number of carbonyl (C=O) groups is 1. The molecular formula is C16H13BrN2O3S2. The van der Waals surface area contributed by atoms with E-state index in [9.17, 15) is 4.79 Å². The van der Waals surface area contributed by atoms with Crippen LogP contribution in [0.2, 0.25) is 0 Å². The van der Waals surface area contributed by atoms with E-state index in [1.54, 1.807) is 11.3 Å². The number of hydrogen-bond donors (Lipinski definition) is 0. The Morgan fingerprint density at radius 1 is 1.25 bits per heavy atom. The van der Waals surface area contributed by atoms with Crippen LogP contribution in [0, 0.1) is 0 Å². The fourth-order valence-corrected chi connectivity index (χ4v) is 3.88. The van der Waals surface area contributed by atoms with E-state index in [1.165, 1.54) is 18.1 Å². The number of fused-ring (bicyclic) bond motifs is 1. The minimum atomic E-state index is -0.292. The lowest BCUT2D eigenvalue weighted by Gasteiger charge is -2.07. The van der Waals surface area contributed by atoms with Crippen molar-refractivity contribution in [2.45, 2.75) is 5.03 Å². The maximum Gasteiger partial charge on any atom is 0.316 e. The molecule has 0 saturated heterocycles. The quantitative estimate of drug-likeness (QED) is 0.245. The number of thioether (sulfide) groups is 1. The minimum Gasteiger partial charge on any atom is -0.490 e. The van der Waals surface area contributed by atoms with Gasteiger partial charge in [0.05, 0.1) is 5.75 Å². The van der Waals surface area contributed by atoms with Gasteiger partial charge in [-0.05, 0) is 29.6 Å². The second kappa shape index (κ2) is 8.46. The number of carbonyl (C=O) groups excluding carboxylic acids is 1. The van der Waals surface area contributed by atoms with E-state index in [1.807, 2.05) is 35.7 Å². The van der Waals surface area contributed by atoms with Crippen LogP contribution in [-0.2, 0) is 9.53 Å². The van der Waals surface area contributed by atoms with Crippen LogP contribution in [0.25, 0.3) is 10.2 Å². The van der Waals surface area contributed by atoms with Gasteiger partial charge in [-0.1, -0.05) is 33.8 Å². The van der Waals surface area contributed by atoms with Gasteiger partial charge < -0.3 is 9.47 Å². The summed E-state index contributed by atoms with van der Waals surface area (Å²) in [5, 5.41) is 3.72. The molecule has 8 heteroatoms. The highest BCUT2D eigenvalue weighted by Crippen LogP contribution is 2.27. The predicted octanol–water partition coefficient (Wildman–Crippen LogP) is 4.17. The van der Waals surface area contributed by atoms with Gasteiger partial charge in [0.1, 0.15) is 35.1 Å². The summed E-state index contributed by atoms with van der Waals surface area (Å²) in [7, 11) is 0. The van der Waals surface area contributed by atoms with Crippen molar-refractivity contribution < 1.29 is 14.3 Å². The Hall–Kier alpha value is -1.64. The fraction of sp³-hybridized carbons (Fsp3) is 0.188. The molecule has 0 unspecified atom stereocenters. The molecule has 0 fully saturated rings. The van der Waals surface area contributed by atoms with Crippen molar-refractivity contribution in [2.75, 3.05) is 19.0 Å². The number of esters is 1. The van der Waals surface area contributed by atoms with Gasteiger partial charge in [0.2, 0.25) is 0 Å². The smallest absolute Gasteiger partial charge is 0.316 e. The summed E-state index contributed by atoms with van der Waals surface area (Å²) >= 11 is 6.28. The Labute approximate surface area is 155 Å². The fourth-order valence-electron chi connectivity index (χ4n) is 1.92. The summed E-state index contributed by atoms with van der Waals surface area (Å²) in [5.74, 6) is 0.647. The molecule has 3 aromatic rings. The maximum atomic E-state index is 11.8. The van der Waals surface area contributed by atoms with E-state index in [2.05, 4.69) is 25.9 Å². The first kappa shape index (κ1) is 17.2. The highest BCUT2D eigenvalue weighted by atomic mass is 79.9. The molecule has 0 aliphatic heterocycles. The van der Waals surface area contributed by atoms with Crippen LogP contribution >= 0.6 is 39.0 Å². The predicted molar refractivity (Wildman–Crippen MR) is 98.7 cm³/mol. The Kier molecular flexibility index (Phi) is 6.06. The highest BCUT2D eigenvalue weighted by Gasteiger charge is 2.09. The van der Waals surface area contributed by atoms with E-state index < -0.39 is 0 Å². The topological polar surface area (TPSA) is 61.3 Å². The first-order chi connectivity index (χ1) is 11.7. The molecule has 0 aliphatic carbocycles. The Balaban J connectivity index is 1.41. The van der Waals surface area contributed by atoms with Crippen LogP contribution in [0.5, 0.6) is 5.75 Å². The minimum absolute atomic E-state index is 0.207. The summed E-state index contributed by atoms with van der Waals surface area (Å²) in [4.78, 5) is 21.1. The van der Waals surface area contributed by atoms with Gasteiger partial charge in [0.25, 0.3) is 0 Å². The van der Waals surface area contributed by atoms with Gasteiger partial charge in [-0.15, -0.1) is 11.3 Å². The zero-order valence-corrected chi connectivity index (χ0v) is 15.7. The number of benzene rings is 1. The largest absolute Gasteiger partial charge is 0.490 e. The van der Waals surface area contributed by atoms with Crippen molar-refractivity contribution in [3.05, 3.63) is 46.5 Å². The van der Waals surface area contributed by atoms with E-state index in [-0.39, 0.29) is 18.3 Å². The first-order valence-electron chi connectivity index (χ1n) is 7.07. The third kappa shape index (κ3) is 4.68. The monoisotopic (exact) mass is 424 g/mol. The maximum absolute atomic E-state index is 11.8. The Morgan fingerprint density at radius 3 is 3.04 bits per heavy atom. The van der Waals surface area contributed by atoms with Crippen molar-refractivity contribution in [3.63, 3.8) is 0 Å². The van der Waals surface area contributed by atoms with Gasteiger partial charge in [-0.2, -0.15) is 0 Å². The highest BCUT2D eigenvalue weighted by molar-refractivity contribution is 9.10. The second-order valence-electron chi connectivity index (χ2n) is 4.63. The molecule has 0 amide bonds. The molecule has 5 nitrogen and oxygen atoms in total. The molecular weight excluding hydrogens is 412 g/mol. The molecule has 0 aliphatic rings. The first-order valence-corrected chi connectivity index (χ1v) is 9.73.